The normalized spacial score (nSPS) is 15.8. The summed E-state index contributed by atoms with van der Waals surface area (Å²) in [5.74, 6) is -0.800. The quantitative estimate of drug-likeness (QED) is 0.870. The Hall–Kier alpha value is -1.78. The van der Waals surface area contributed by atoms with Crippen LogP contribution >= 0.6 is 0 Å². The Morgan fingerprint density at radius 1 is 1.39 bits per heavy atom. The Labute approximate surface area is 105 Å². The van der Waals surface area contributed by atoms with Crippen molar-refractivity contribution in [3.05, 3.63) is 24.2 Å². The van der Waals surface area contributed by atoms with Crippen molar-refractivity contribution in [2.24, 2.45) is 0 Å². The highest BCUT2D eigenvalue weighted by atomic mass is 16.4. The number of furan rings is 1. The SMILES string of the molecule is O=C(O)CCN(C(=O)c1ccco1)C1CCCC1. The summed E-state index contributed by atoms with van der Waals surface area (Å²) >= 11 is 0. The summed E-state index contributed by atoms with van der Waals surface area (Å²) in [6.45, 7) is 0.250. The molecule has 0 radical (unpaired) electrons. The lowest BCUT2D eigenvalue weighted by molar-refractivity contribution is -0.137. The third kappa shape index (κ3) is 2.91. The van der Waals surface area contributed by atoms with Crippen molar-refractivity contribution in [3.63, 3.8) is 0 Å². The maximum Gasteiger partial charge on any atom is 0.305 e. The molecule has 1 aliphatic carbocycles. The highest BCUT2D eigenvalue weighted by Crippen LogP contribution is 2.25. The highest BCUT2D eigenvalue weighted by molar-refractivity contribution is 5.91. The Morgan fingerprint density at radius 3 is 2.67 bits per heavy atom. The van der Waals surface area contributed by atoms with Crippen LogP contribution in [0, 0.1) is 0 Å². The van der Waals surface area contributed by atoms with Crippen LogP contribution in [0.25, 0.3) is 0 Å². The molecule has 98 valence electrons. The average Bonchev–Trinajstić information content (AvgIpc) is 3.01. The Balaban J connectivity index is 2.07. The van der Waals surface area contributed by atoms with Gasteiger partial charge in [0.1, 0.15) is 0 Å². The van der Waals surface area contributed by atoms with Crippen LogP contribution in [-0.4, -0.2) is 34.5 Å². The van der Waals surface area contributed by atoms with Crippen LogP contribution in [0.15, 0.2) is 22.8 Å². The third-order valence-corrected chi connectivity index (χ3v) is 3.32. The van der Waals surface area contributed by atoms with E-state index in [0.29, 0.717) is 0 Å². The van der Waals surface area contributed by atoms with Gasteiger partial charge in [-0.3, -0.25) is 9.59 Å². The molecule has 1 heterocycles. The van der Waals surface area contributed by atoms with Crippen LogP contribution in [0.3, 0.4) is 0 Å². The van der Waals surface area contributed by atoms with Crippen LogP contribution in [0.5, 0.6) is 0 Å². The van der Waals surface area contributed by atoms with Crippen LogP contribution < -0.4 is 0 Å². The lowest BCUT2D eigenvalue weighted by atomic mass is 10.2. The summed E-state index contributed by atoms with van der Waals surface area (Å²) < 4.78 is 5.10. The summed E-state index contributed by atoms with van der Waals surface area (Å²) in [4.78, 5) is 24.6. The molecule has 1 saturated carbocycles. The van der Waals surface area contributed by atoms with E-state index in [4.69, 9.17) is 9.52 Å². The van der Waals surface area contributed by atoms with Crippen molar-refractivity contribution in [3.8, 4) is 0 Å². The molecule has 1 amide bonds. The molecule has 0 unspecified atom stereocenters. The zero-order valence-corrected chi connectivity index (χ0v) is 10.2. The van der Waals surface area contributed by atoms with Crippen molar-refractivity contribution < 1.29 is 19.1 Å². The minimum Gasteiger partial charge on any atom is -0.481 e. The maximum atomic E-state index is 12.2. The van der Waals surface area contributed by atoms with Gasteiger partial charge in [-0.25, -0.2) is 0 Å². The zero-order valence-electron chi connectivity index (χ0n) is 10.2. The van der Waals surface area contributed by atoms with Gasteiger partial charge in [-0.1, -0.05) is 12.8 Å². The first kappa shape index (κ1) is 12.7. The van der Waals surface area contributed by atoms with E-state index in [1.807, 2.05) is 0 Å². The van der Waals surface area contributed by atoms with Gasteiger partial charge in [-0.15, -0.1) is 0 Å². The van der Waals surface area contributed by atoms with Crippen molar-refractivity contribution in [2.75, 3.05) is 6.54 Å². The number of carboxylic acid groups (broad SMARTS) is 1. The molecule has 1 aromatic rings. The molecular formula is C13H17NO4. The smallest absolute Gasteiger partial charge is 0.305 e. The molecule has 5 nitrogen and oxygen atoms in total. The van der Waals surface area contributed by atoms with Gasteiger partial charge in [0.2, 0.25) is 0 Å². The number of carbonyl (C=O) groups excluding carboxylic acids is 1. The van der Waals surface area contributed by atoms with Gasteiger partial charge in [0.05, 0.1) is 12.7 Å². The molecule has 1 N–H and O–H groups in total. The Bertz CT molecular complexity index is 407. The fraction of sp³-hybridized carbons (Fsp3) is 0.538. The molecule has 18 heavy (non-hydrogen) atoms. The van der Waals surface area contributed by atoms with E-state index in [9.17, 15) is 9.59 Å². The van der Waals surface area contributed by atoms with Gasteiger partial charge in [-0.2, -0.15) is 0 Å². The number of carboxylic acids is 1. The number of nitrogens with zero attached hydrogens (tertiary/aromatic N) is 1. The van der Waals surface area contributed by atoms with Gasteiger partial charge in [0, 0.05) is 12.6 Å². The molecule has 1 fully saturated rings. The minimum atomic E-state index is -0.884. The van der Waals surface area contributed by atoms with Crippen LogP contribution in [0.1, 0.15) is 42.7 Å². The van der Waals surface area contributed by atoms with Crippen molar-refractivity contribution in [1.29, 1.82) is 0 Å². The number of hydrogen-bond acceptors (Lipinski definition) is 3. The molecule has 0 saturated heterocycles. The molecule has 0 atom stereocenters. The van der Waals surface area contributed by atoms with E-state index >= 15 is 0 Å². The predicted octanol–water partition coefficient (Wildman–Crippen LogP) is 2.14. The molecule has 0 bridgehead atoms. The maximum absolute atomic E-state index is 12.2. The summed E-state index contributed by atoms with van der Waals surface area (Å²) in [7, 11) is 0. The lowest BCUT2D eigenvalue weighted by Gasteiger charge is -2.27. The number of amides is 1. The van der Waals surface area contributed by atoms with E-state index < -0.39 is 5.97 Å². The number of aliphatic carboxylic acids is 1. The van der Waals surface area contributed by atoms with Crippen LogP contribution in [-0.2, 0) is 4.79 Å². The van der Waals surface area contributed by atoms with Gasteiger partial charge >= 0.3 is 5.97 Å². The molecule has 2 rings (SSSR count). The van der Waals surface area contributed by atoms with Crippen molar-refractivity contribution in [1.82, 2.24) is 4.90 Å². The van der Waals surface area contributed by atoms with E-state index in [0.717, 1.165) is 25.7 Å². The number of carbonyl (C=O) groups is 2. The van der Waals surface area contributed by atoms with E-state index in [-0.39, 0.29) is 30.7 Å². The first-order chi connectivity index (χ1) is 8.68. The Kier molecular flexibility index (Phi) is 4.02. The molecule has 1 aliphatic rings. The Morgan fingerprint density at radius 2 is 2.11 bits per heavy atom. The number of rotatable bonds is 5. The average molecular weight is 251 g/mol. The summed E-state index contributed by atoms with van der Waals surface area (Å²) in [5.41, 5.74) is 0. The predicted molar refractivity (Wildman–Crippen MR) is 64.3 cm³/mol. The third-order valence-electron chi connectivity index (χ3n) is 3.32. The second-order valence-corrected chi connectivity index (χ2v) is 4.56. The highest BCUT2D eigenvalue weighted by Gasteiger charge is 2.28. The zero-order chi connectivity index (χ0) is 13.0. The van der Waals surface area contributed by atoms with E-state index in [1.54, 1.807) is 17.0 Å². The topological polar surface area (TPSA) is 70.8 Å². The first-order valence-electron chi connectivity index (χ1n) is 6.25. The second kappa shape index (κ2) is 5.71. The number of hydrogen-bond donors (Lipinski definition) is 1. The molecule has 1 aromatic heterocycles. The molecular weight excluding hydrogens is 234 g/mol. The van der Waals surface area contributed by atoms with Gasteiger partial charge in [-0.05, 0) is 25.0 Å². The molecule has 0 spiro atoms. The van der Waals surface area contributed by atoms with Gasteiger partial charge in [0.25, 0.3) is 5.91 Å². The van der Waals surface area contributed by atoms with Crippen LogP contribution in [0.2, 0.25) is 0 Å². The van der Waals surface area contributed by atoms with E-state index in [1.165, 1.54) is 6.26 Å². The molecule has 0 aromatic carbocycles. The lowest BCUT2D eigenvalue weighted by Crippen LogP contribution is -2.40. The minimum absolute atomic E-state index is 0.0249. The fourth-order valence-corrected chi connectivity index (χ4v) is 2.42. The second-order valence-electron chi connectivity index (χ2n) is 4.56. The standard InChI is InChI=1S/C13H17NO4/c15-12(16)7-8-14(10-4-1-2-5-10)13(17)11-6-3-9-18-11/h3,6,9-10H,1-2,4-5,7-8H2,(H,15,16). The fourth-order valence-electron chi connectivity index (χ4n) is 2.42. The van der Waals surface area contributed by atoms with Gasteiger partial charge in [0.15, 0.2) is 5.76 Å². The summed E-state index contributed by atoms with van der Waals surface area (Å²) in [6, 6.07) is 3.43. The monoisotopic (exact) mass is 251 g/mol. The summed E-state index contributed by atoms with van der Waals surface area (Å²) in [5, 5.41) is 8.76. The van der Waals surface area contributed by atoms with Crippen molar-refractivity contribution >= 4 is 11.9 Å². The van der Waals surface area contributed by atoms with Gasteiger partial charge < -0.3 is 14.4 Å². The molecule has 0 aliphatic heterocycles. The largest absolute Gasteiger partial charge is 0.481 e. The molecule has 5 heteroatoms. The van der Waals surface area contributed by atoms with Crippen LogP contribution in [0.4, 0.5) is 0 Å². The van der Waals surface area contributed by atoms with E-state index in [2.05, 4.69) is 0 Å². The summed E-state index contributed by atoms with van der Waals surface area (Å²) in [6.07, 6.45) is 5.53. The first-order valence-corrected chi connectivity index (χ1v) is 6.25. The van der Waals surface area contributed by atoms with Crippen molar-refractivity contribution in [2.45, 2.75) is 38.1 Å².